The van der Waals surface area contributed by atoms with Crippen molar-refractivity contribution >= 4 is 17.2 Å². The number of carbonyl (C=O) groups is 1. The van der Waals surface area contributed by atoms with Crippen LogP contribution in [0.1, 0.15) is 10.4 Å². The molecule has 0 unspecified atom stereocenters. The van der Waals surface area contributed by atoms with Gasteiger partial charge < -0.3 is 4.57 Å². The van der Waals surface area contributed by atoms with Crippen molar-refractivity contribution < 1.29 is 13.6 Å². The lowest BCUT2D eigenvalue weighted by Gasteiger charge is -2.07. The van der Waals surface area contributed by atoms with E-state index >= 15 is 0 Å². The van der Waals surface area contributed by atoms with Crippen LogP contribution in [-0.4, -0.2) is 10.9 Å². The maximum Gasteiger partial charge on any atom is 0.150 e. The lowest BCUT2D eigenvalue weighted by Crippen LogP contribution is -1.96. The first-order valence-electron chi connectivity index (χ1n) is 5.71. The highest BCUT2D eigenvalue weighted by Gasteiger charge is 2.09. The third-order valence-corrected chi connectivity index (χ3v) is 3.02. The van der Waals surface area contributed by atoms with Gasteiger partial charge in [0.05, 0.1) is 11.2 Å². The van der Waals surface area contributed by atoms with Crippen molar-refractivity contribution in [1.82, 2.24) is 4.57 Å². The Bertz CT molecular complexity index is 777. The van der Waals surface area contributed by atoms with Crippen LogP contribution in [-0.2, 0) is 0 Å². The molecule has 4 heteroatoms. The van der Waals surface area contributed by atoms with Crippen LogP contribution in [0.3, 0.4) is 0 Å². The molecule has 0 N–H and O–H groups in total. The second-order valence-electron chi connectivity index (χ2n) is 4.22. The number of hydrogen-bond acceptors (Lipinski definition) is 1. The fourth-order valence-corrected chi connectivity index (χ4v) is 2.12. The van der Waals surface area contributed by atoms with Crippen LogP contribution >= 0.6 is 0 Å². The van der Waals surface area contributed by atoms with E-state index in [1.807, 2.05) is 0 Å². The minimum Gasteiger partial charge on any atom is -0.314 e. The monoisotopic (exact) mass is 257 g/mol. The molecule has 0 fully saturated rings. The summed E-state index contributed by atoms with van der Waals surface area (Å²) in [6.45, 7) is 0. The lowest BCUT2D eigenvalue weighted by molar-refractivity contribution is 0.112. The number of halogens is 2. The first-order valence-corrected chi connectivity index (χ1v) is 5.71. The van der Waals surface area contributed by atoms with Gasteiger partial charge in [0.25, 0.3) is 0 Å². The predicted octanol–water partition coefficient (Wildman–Crippen LogP) is 3.72. The standard InChI is InChI=1S/C15H9F2NO/c16-12-2-4-15(13(17)8-12)18-6-5-11-7-10(9-19)1-3-14(11)18/h1-9H. The van der Waals surface area contributed by atoms with Crippen molar-refractivity contribution in [3.05, 3.63) is 65.9 Å². The molecule has 2 nitrogen and oxygen atoms in total. The first kappa shape index (κ1) is 11.6. The van der Waals surface area contributed by atoms with Crippen LogP contribution in [0.5, 0.6) is 0 Å². The van der Waals surface area contributed by atoms with Crippen molar-refractivity contribution in [3.63, 3.8) is 0 Å². The molecule has 0 atom stereocenters. The summed E-state index contributed by atoms with van der Waals surface area (Å²) < 4.78 is 28.3. The summed E-state index contributed by atoms with van der Waals surface area (Å²) in [5, 5.41) is 0.827. The van der Waals surface area contributed by atoms with Gasteiger partial charge in [-0.15, -0.1) is 0 Å². The summed E-state index contributed by atoms with van der Waals surface area (Å²) in [7, 11) is 0. The van der Waals surface area contributed by atoms with Gasteiger partial charge in [-0.3, -0.25) is 4.79 Å². The van der Waals surface area contributed by atoms with Gasteiger partial charge in [0.1, 0.15) is 17.9 Å². The number of aldehydes is 1. The van der Waals surface area contributed by atoms with E-state index in [9.17, 15) is 13.6 Å². The van der Waals surface area contributed by atoms with Gasteiger partial charge in [0.2, 0.25) is 0 Å². The van der Waals surface area contributed by atoms with Gasteiger partial charge in [-0.25, -0.2) is 8.78 Å². The minimum atomic E-state index is -0.628. The van der Waals surface area contributed by atoms with Gasteiger partial charge in [-0.1, -0.05) is 0 Å². The molecule has 1 aromatic heterocycles. The normalized spacial score (nSPS) is 10.8. The Balaban J connectivity index is 2.22. The molecule has 0 spiro atoms. The first-order chi connectivity index (χ1) is 9.19. The van der Waals surface area contributed by atoms with Gasteiger partial charge in [-0.05, 0) is 36.4 Å². The molecule has 0 saturated heterocycles. The Kier molecular flexibility index (Phi) is 2.63. The fourth-order valence-electron chi connectivity index (χ4n) is 2.12. The van der Waals surface area contributed by atoms with Crippen LogP contribution in [0, 0.1) is 11.6 Å². The van der Waals surface area contributed by atoms with Gasteiger partial charge >= 0.3 is 0 Å². The lowest BCUT2D eigenvalue weighted by atomic mass is 10.2. The number of carbonyl (C=O) groups excluding carboxylic acids is 1. The molecular weight excluding hydrogens is 248 g/mol. The van der Waals surface area contributed by atoms with E-state index in [2.05, 4.69) is 0 Å². The Morgan fingerprint density at radius 1 is 1.00 bits per heavy atom. The third-order valence-electron chi connectivity index (χ3n) is 3.02. The molecule has 0 saturated carbocycles. The fraction of sp³-hybridized carbons (Fsp3) is 0. The summed E-state index contributed by atoms with van der Waals surface area (Å²) in [4.78, 5) is 10.7. The molecule has 0 aliphatic rings. The minimum absolute atomic E-state index is 0.273. The zero-order chi connectivity index (χ0) is 13.4. The van der Waals surface area contributed by atoms with E-state index in [4.69, 9.17) is 0 Å². The van der Waals surface area contributed by atoms with E-state index in [1.54, 1.807) is 35.0 Å². The van der Waals surface area contributed by atoms with E-state index in [1.165, 1.54) is 12.1 Å². The van der Waals surface area contributed by atoms with Crippen LogP contribution < -0.4 is 0 Å². The number of fused-ring (bicyclic) bond motifs is 1. The van der Waals surface area contributed by atoms with Crippen molar-refractivity contribution in [2.75, 3.05) is 0 Å². The molecule has 1 heterocycles. The third kappa shape index (κ3) is 1.91. The largest absolute Gasteiger partial charge is 0.314 e. The summed E-state index contributed by atoms with van der Waals surface area (Å²) in [5.74, 6) is -1.24. The summed E-state index contributed by atoms with van der Waals surface area (Å²) in [6, 6.07) is 10.4. The average molecular weight is 257 g/mol. The zero-order valence-corrected chi connectivity index (χ0v) is 9.81. The average Bonchev–Trinajstić information content (AvgIpc) is 2.81. The van der Waals surface area contributed by atoms with E-state index in [0.717, 1.165) is 23.3 Å². The predicted molar refractivity (Wildman–Crippen MR) is 68.6 cm³/mol. The SMILES string of the molecule is O=Cc1ccc2c(ccn2-c2ccc(F)cc2F)c1. The Hall–Kier alpha value is -2.49. The number of rotatable bonds is 2. The Labute approximate surface area is 107 Å². The molecular formula is C15H9F2NO. The molecule has 0 amide bonds. The molecule has 19 heavy (non-hydrogen) atoms. The van der Waals surface area contributed by atoms with Crippen molar-refractivity contribution in [3.8, 4) is 5.69 Å². The molecule has 2 aromatic carbocycles. The summed E-state index contributed by atoms with van der Waals surface area (Å²) >= 11 is 0. The topological polar surface area (TPSA) is 22.0 Å². The smallest absolute Gasteiger partial charge is 0.150 e. The second-order valence-corrected chi connectivity index (χ2v) is 4.22. The maximum absolute atomic E-state index is 13.8. The van der Waals surface area contributed by atoms with E-state index in [-0.39, 0.29) is 5.69 Å². The molecule has 0 aliphatic heterocycles. The number of nitrogens with zero attached hydrogens (tertiary/aromatic N) is 1. The highest BCUT2D eigenvalue weighted by atomic mass is 19.1. The van der Waals surface area contributed by atoms with Gasteiger partial charge in [-0.2, -0.15) is 0 Å². The quantitative estimate of drug-likeness (QED) is 0.641. The molecule has 0 aliphatic carbocycles. The molecule has 3 aromatic rings. The van der Waals surface area contributed by atoms with Crippen molar-refractivity contribution in [2.45, 2.75) is 0 Å². The van der Waals surface area contributed by atoms with Gasteiger partial charge in [0, 0.05) is 23.2 Å². The molecule has 0 bridgehead atoms. The number of aromatic nitrogens is 1. The molecule has 0 radical (unpaired) electrons. The second kappa shape index (κ2) is 4.31. The van der Waals surface area contributed by atoms with Crippen molar-refractivity contribution in [2.24, 2.45) is 0 Å². The Morgan fingerprint density at radius 3 is 2.58 bits per heavy atom. The Morgan fingerprint density at radius 2 is 1.84 bits per heavy atom. The van der Waals surface area contributed by atoms with Crippen LogP contribution in [0.15, 0.2) is 48.7 Å². The van der Waals surface area contributed by atoms with Crippen molar-refractivity contribution in [1.29, 1.82) is 0 Å². The zero-order valence-electron chi connectivity index (χ0n) is 9.81. The van der Waals surface area contributed by atoms with Crippen LogP contribution in [0.25, 0.3) is 16.6 Å². The van der Waals surface area contributed by atoms with Gasteiger partial charge in [0.15, 0.2) is 0 Å². The highest BCUT2D eigenvalue weighted by Crippen LogP contribution is 2.23. The summed E-state index contributed by atoms with van der Waals surface area (Å²) in [6.07, 6.45) is 2.45. The maximum atomic E-state index is 13.8. The highest BCUT2D eigenvalue weighted by molar-refractivity contribution is 5.88. The van der Waals surface area contributed by atoms with Crippen LogP contribution in [0.2, 0.25) is 0 Å². The van der Waals surface area contributed by atoms with E-state index < -0.39 is 11.6 Å². The van der Waals surface area contributed by atoms with E-state index in [0.29, 0.717) is 5.56 Å². The molecule has 3 rings (SSSR count). The molecule has 94 valence electrons. The number of hydrogen-bond donors (Lipinski definition) is 0. The summed E-state index contributed by atoms with van der Waals surface area (Å²) in [5.41, 5.74) is 1.59. The number of benzene rings is 2. The van der Waals surface area contributed by atoms with Crippen LogP contribution in [0.4, 0.5) is 8.78 Å².